The first-order chi connectivity index (χ1) is 7.46. The summed E-state index contributed by atoms with van der Waals surface area (Å²) in [4.78, 5) is 2.71. The smallest absolute Gasteiger partial charge is 0.0243 e. The molecule has 0 aromatic carbocycles. The van der Waals surface area contributed by atoms with Crippen molar-refractivity contribution >= 4 is 0 Å². The van der Waals surface area contributed by atoms with Crippen molar-refractivity contribution in [2.45, 2.75) is 53.5 Å². The van der Waals surface area contributed by atoms with Crippen LogP contribution in [0.1, 0.15) is 47.5 Å². The van der Waals surface area contributed by atoms with Gasteiger partial charge in [-0.1, -0.05) is 34.6 Å². The molecule has 1 N–H and O–H groups in total. The molecule has 1 rings (SSSR count). The Morgan fingerprint density at radius 1 is 1.31 bits per heavy atom. The molecule has 0 aromatic heterocycles. The molecule has 0 amide bonds. The Hall–Kier alpha value is -0.0800. The summed E-state index contributed by atoms with van der Waals surface area (Å²) in [5.41, 5.74) is 0.512. The fraction of sp³-hybridized carbons (Fsp3) is 1.00. The van der Waals surface area contributed by atoms with E-state index in [0.29, 0.717) is 11.5 Å². The van der Waals surface area contributed by atoms with Gasteiger partial charge < -0.3 is 5.32 Å². The van der Waals surface area contributed by atoms with Gasteiger partial charge in [-0.3, -0.25) is 4.90 Å². The fourth-order valence-electron chi connectivity index (χ4n) is 2.83. The third kappa shape index (κ3) is 4.06. The van der Waals surface area contributed by atoms with Gasteiger partial charge in [0.25, 0.3) is 0 Å². The van der Waals surface area contributed by atoms with E-state index in [-0.39, 0.29) is 0 Å². The van der Waals surface area contributed by atoms with Crippen LogP contribution >= 0.6 is 0 Å². The molecule has 2 heteroatoms. The molecule has 0 aliphatic carbocycles. The second kappa shape index (κ2) is 6.02. The quantitative estimate of drug-likeness (QED) is 0.775. The lowest BCUT2D eigenvalue weighted by Gasteiger charge is -2.44. The Morgan fingerprint density at radius 2 is 2.00 bits per heavy atom. The predicted octanol–water partition coefficient (Wildman–Crippen LogP) is 2.74. The molecule has 0 saturated carbocycles. The third-order valence-electron chi connectivity index (χ3n) is 3.77. The molecule has 1 atom stereocenters. The molecule has 1 aliphatic heterocycles. The Balaban J connectivity index is 2.56. The van der Waals surface area contributed by atoms with Crippen LogP contribution in [0.25, 0.3) is 0 Å². The lowest BCUT2D eigenvalue weighted by Crippen LogP contribution is -2.51. The van der Waals surface area contributed by atoms with Gasteiger partial charge in [-0.05, 0) is 37.3 Å². The molecular formula is C14H30N2. The lowest BCUT2D eigenvalue weighted by atomic mass is 9.82. The van der Waals surface area contributed by atoms with Gasteiger partial charge in [0, 0.05) is 19.1 Å². The van der Waals surface area contributed by atoms with Gasteiger partial charge in [-0.15, -0.1) is 0 Å². The van der Waals surface area contributed by atoms with Gasteiger partial charge in [-0.2, -0.15) is 0 Å². The standard InChI is InChI=1S/C14H30N2/c1-6-15-10-13(12(2)3)16-9-7-8-14(4,5)11-16/h12-13,15H,6-11H2,1-5H3. The van der Waals surface area contributed by atoms with Crippen molar-refractivity contribution in [3.8, 4) is 0 Å². The van der Waals surface area contributed by atoms with Crippen molar-refractivity contribution < 1.29 is 0 Å². The van der Waals surface area contributed by atoms with Crippen molar-refractivity contribution in [3.05, 3.63) is 0 Å². The highest BCUT2D eigenvalue weighted by atomic mass is 15.2. The minimum atomic E-state index is 0.512. The second-order valence-electron chi connectivity index (χ2n) is 6.36. The largest absolute Gasteiger partial charge is 0.315 e. The number of hydrogen-bond donors (Lipinski definition) is 1. The van der Waals surface area contributed by atoms with Crippen molar-refractivity contribution in [3.63, 3.8) is 0 Å². The van der Waals surface area contributed by atoms with Crippen LogP contribution in [0.3, 0.4) is 0 Å². The maximum absolute atomic E-state index is 3.51. The van der Waals surface area contributed by atoms with Crippen LogP contribution < -0.4 is 5.32 Å². The molecule has 96 valence electrons. The summed E-state index contributed by atoms with van der Waals surface area (Å²) < 4.78 is 0. The minimum Gasteiger partial charge on any atom is -0.315 e. The maximum atomic E-state index is 3.51. The minimum absolute atomic E-state index is 0.512. The van der Waals surface area contributed by atoms with E-state index in [9.17, 15) is 0 Å². The van der Waals surface area contributed by atoms with Crippen LogP contribution in [-0.4, -0.2) is 37.1 Å². The normalized spacial score (nSPS) is 23.6. The molecule has 16 heavy (non-hydrogen) atoms. The van der Waals surface area contributed by atoms with E-state index in [2.05, 4.69) is 44.8 Å². The topological polar surface area (TPSA) is 15.3 Å². The monoisotopic (exact) mass is 226 g/mol. The number of rotatable bonds is 5. The van der Waals surface area contributed by atoms with E-state index >= 15 is 0 Å². The summed E-state index contributed by atoms with van der Waals surface area (Å²) in [5.74, 6) is 0.743. The molecular weight excluding hydrogens is 196 g/mol. The average Bonchev–Trinajstić information content (AvgIpc) is 2.16. The molecule has 1 unspecified atom stereocenters. The van der Waals surface area contributed by atoms with E-state index in [1.54, 1.807) is 0 Å². The molecule has 0 radical (unpaired) electrons. The maximum Gasteiger partial charge on any atom is 0.0243 e. The van der Waals surface area contributed by atoms with Crippen molar-refractivity contribution in [2.24, 2.45) is 11.3 Å². The van der Waals surface area contributed by atoms with Crippen LogP contribution in [0.5, 0.6) is 0 Å². The number of hydrogen-bond acceptors (Lipinski definition) is 2. The average molecular weight is 226 g/mol. The van der Waals surface area contributed by atoms with Crippen LogP contribution in [0.4, 0.5) is 0 Å². The molecule has 0 spiro atoms. The molecule has 1 saturated heterocycles. The number of likely N-dealkylation sites (tertiary alicyclic amines) is 1. The Labute approximate surface area is 102 Å². The molecule has 2 nitrogen and oxygen atoms in total. The molecule has 1 fully saturated rings. The van der Waals surface area contributed by atoms with Crippen LogP contribution in [0, 0.1) is 11.3 Å². The van der Waals surface area contributed by atoms with Crippen LogP contribution in [0.2, 0.25) is 0 Å². The Kier molecular flexibility index (Phi) is 5.26. The van der Waals surface area contributed by atoms with Crippen LogP contribution in [0.15, 0.2) is 0 Å². The highest BCUT2D eigenvalue weighted by Gasteiger charge is 2.31. The highest BCUT2D eigenvalue weighted by molar-refractivity contribution is 4.86. The number of nitrogens with one attached hydrogen (secondary N) is 1. The van der Waals surface area contributed by atoms with E-state index in [1.165, 1.54) is 25.9 Å². The Bertz CT molecular complexity index is 199. The zero-order valence-corrected chi connectivity index (χ0v) is 11.8. The summed E-state index contributed by atoms with van der Waals surface area (Å²) in [7, 11) is 0. The number of piperidine rings is 1. The summed E-state index contributed by atoms with van der Waals surface area (Å²) in [6.45, 7) is 16.5. The summed E-state index contributed by atoms with van der Waals surface area (Å²) in [6.07, 6.45) is 2.75. The first kappa shape index (κ1) is 14.0. The van der Waals surface area contributed by atoms with Gasteiger partial charge in [0.2, 0.25) is 0 Å². The van der Waals surface area contributed by atoms with Gasteiger partial charge in [-0.25, -0.2) is 0 Å². The van der Waals surface area contributed by atoms with Gasteiger partial charge in [0.15, 0.2) is 0 Å². The van der Waals surface area contributed by atoms with Crippen molar-refractivity contribution in [1.29, 1.82) is 0 Å². The highest BCUT2D eigenvalue weighted by Crippen LogP contribution is 2.30. The van der Waals surface area contributed by atoms with E-state index in [4.69, 9.17) is 0 Å². The zero-order chi connectivity index (χ0) is 12.2. The number of nitrogens with zero attached hydrogens (tertiary/aromatic N) is 1. The van der Waals surface area contributed by atoms with Crippen molar-refractivity contribution in [1.82, 2.24) is 10.2 Å². The van der Waals surface area contributed by atoms with Gasteiger partial charge >= 0.3 is 0 Å². The molecule has 0 bridgehead atoms. The lowest BCUT2D eigenvalue weighted by molar-refractivity contribution is 0.0585. The zero-order valence-electron chi connectivity index (χ0n) is 11.8. The van der Waals surface area contributed by atoms with Crippen LogP contribution in [-0.2, 0) is 0 Å². The summed E-state index contributed by atoms with van der Waals surface area (Å²) in [5, 5.41) is 3.51. The van der Waals surface area contributed by atoms with E-state index < -0.39 is 0 Å². The molecule has 0 aromatic rings. The Morgan fingerprint density at radius 3 is 2.50 bits per heavy atom. The first-order valence-electron chi connectivity index (χ1n) is 6.91. The second-order valence-corrected chi connectivity index (χ2v) is 6.36. The van der Waals surface area contributed by atoms with Gasteiger partial charge in [0.1, 0.15) is 0 Å². The third-order valence-corrected chi connectivity index (χ3v) is 3.77. The molecule has 1 heterocycles. The SMILES string of the molecule is CCNCC(C(C)C)N1CCCC(C)(C)C1. The van der Waals surface area contributed by atoms with E-state index in [0.717, 1.165) is 19.0 Å². The fourth-order valence-corrected chi connectivity index (χ4v) is 2.83. The van der Waals surface area contributed by atoms with Crippen molar-refractivity contribution in [2.75, 3.05) is 26.2 Å². The van der Waals surface area contributed by atoms with Gasteiger partial charge in [0.05, 0.1) is 0 Å². The predicted molar refractivity (Wildman–Crippen MR) is 71.8 cm³/mol. The summed E-state index contributed by atoms with van der Waals surface area (Å²) in [6, 6.07) is 0.708. The van der Waals surface area contributed by atoms with E-state index in [1.807, 2.05) is 0 Å². The number of likely N-dealkylation sites (N-methyl/N-ethyl adjacent to an activating group) is 1. The first-order valence-corrected chi connectivity index (χ1v) is 6.91. The molecule has 1 aliphatic rings. The summed E-state index contributed by atoms with van der Waals surface area (Å²) >= 11 is 0.